The Morgan fingerprint density at radius 2 is 2.11 bits per heavy atom. The van der Waals surface area contributed by atoms with Crippen LogP contribution in [0.2, 0.25) is 0 Å². The molecule has 2 atom stereocenters. The average molecular weight is 248 g/mol. The monoisotopic (exact) mass is 248 g/mol. The SMILES string of the molecule is CCC(C)c1ccc(N2CC(CN)OC2=O)cc1. The molecule has 1 aliphatic heterocycles. The van der Waals surface area contributed by atoms with Crippen molar-refractivity contribution in [2.45, 2.75) is 32.3 Å². The van der Waals surface area contributed by atoms with Crippen LogP contribution < -0.4 is 10.6 Å². The number of cyclic esters (lactones) is 1. The Morgan fingerprint density at radius 3 is 2.61 bits per heavy atom. The first kappa shape index (κ1) is 12.9. The van der Waals surface area contributed by atoms with Crippen LogP contribution in [0.25, 0.3) is 0 Å². The van der Waals surface area contributed by atoms with Gasteiger partial charge < -0.3 is 10.5 Å². The fraction of sp³-hybridized carbons (Fsp3) is 0.500. The molecule has 1 fully saturated rings. The van der Waals surface area contributed by atoms with Gasteiger partial charge in [0.05, 0.1) is 6.54 Å². The van der Waals surface area contributed by atoms with Crippen LogP contribution in [0.5, 0.6) is 0 Å². The minimum atomic E-state index is -0.304. The fourth-order valence-corrected chi connectivity index (χ4v) is 2.07. The Hall–Kier alpha value is -1.55. The van der Waals surface area contributed by atoms with Crippen molar-refractivity contribution in [1.29, 1.82) is 0 Å². The summed E-state index contributed by atoms with van der Waals surface area (Å²) in [7, 11) is 0. The molecule has 0 spiro atoms. The summed E-state index contributed by atoms with van der Waals surface area (Å²) < 4.78 is 5.14. The van der Waals surface area contributed by atoms with Crippen LogP contribution in [0.1, 0.15) is 31.7 Å². The third-order valence-electron chi connectivity index (χ3n) is 3.52. The first-order chi connectivity index (χ1) is 8.65. The lowest BCUT2D eigenvalue weighted by Gasteiger charge is -2.15. The van der Waals surface area contributed by atoms with E-state index in [9.17, 15) is 4.79 Å². The molecule has 1 aromatic rings. The topological polar surface area (TPSA) is 55.6 Å². The van der Waals surface area contributed by atoms with Gasteiger partial charge in [-0.25, -0.2) is 4.79 Å². The maximum Gasteiger partial charge on any atom is 0.414 e. The first-order valence-electron chi connectivity index (χ1n) is 6.43. The highest BCUT2D eigenvalue weighted by Crippen LogP contribution is 2.25. The van der Waals surface area contributed by atoms with E-state index in [1.165, 1.54) is 5.56 Å². The standard InChI is InChI=1S/C14H20N2O2/c1-3-10(2)11-4-6-12(7-5-11)16-9-13(8-15)18-14(16)17/h4-7,10,13H,3,8-9,15H2,1-2H3. The van der Waals surface area contributed by atoms with Crippen molar-refractivity contribution in [1.82, 2.24) is 0 Å². The molecular formula is C14H20N2O2. The van der Waals surface area contributed by atoms with Gasteiger partial charge in [-0.15, -0.1) is 0 Å². The van der Waals surface area contributed by atoms with Gasteiger partial charge in [0.25, 0.3) is 0 Å². The number of hydrogen-bond donors (Lipinski definition) is 1. The molecule has 18 heavy (non-hydrogen) atoms. The molecule has 0 aliphatic carbocycles. The van der Waals surface area contributed by atoms with Crippen LogP contribution in [-0.2, 0) is 4.74 Å². The number of nitrogens with two attached hydrogens (primary N) is 1. The normalized spacial score (nSPS) is 20.9. The zero-order valence-corrected chi connectivity index (χ0v) is 10.9. The average Bonchev–Trinajstić information content (AvgIpc) is 2.79. The minimum absolute atomic E-state index is 0.188. The predicted octanol–water partition coefficient (Wildman–Crippen LogP) is 2.48. The molecule has 0 aromatic heterocycles. The van der Waals surface area contributed by atoms with Crippen LogP contribution >= 0.6 is 0 Å². The van der Waals surface area contributed by atoms with Gasteiger partial charge in [-0.1, -0.05) is 26.0 Å². The second-order valence-corrected chi connectivity index (χ2v) is 4.75. The molecule has 2 unspecified atom stereocenters. The van der Waals surface area contributed by atoms with Crippen LogP contribution in [0.15, 0.2) is 24.3 Å². The second-order valence-electron chi connectivity index (χ2n) is 4.75. The molecule has 4 heteroatoms. The van der Waals surface area contributed by atoms with Crippen molar-refractivity contribution in [3.63, 3.8) is 0 Å². The number of carbonyl (C=O) groups is 1. The third kappa shape index (κ3) is 2.48. The van der Waals surface area contributed by atoms with Crippen molar-refractivity contribution in [3.8, 4) is 0 Å². The van der Waals surface area contributed by atoms with Gasteiger partial charge in [-0.2, -0.15) is 0 Å². The number of anilines is 1. The molecule has 1 saturated heterocycles. The largest absolute Gasteiger partial charge is 0.443 e. The fourth-order valence-electron chi connectivity index (χ4n) is 2.07. The number of nitrogens with zero attached hydrogens (tertiary/aromatic N) is 1. The highest BCUT2D eigenvalue weighted by molar-refractivity contribution is 5.89. The van der Waals surface area contributed by atoms with Crippen molar-refractivity contribution in [2.75, 3.05) is 18.0 Å². The van der Waals surface area contributed by atoms with Crippen LogP contribution in [0, 0.1) is 0 Å². The Kier molecular flexibility index (Phi) is 3.87. The summed E-state index contributed by atoms with van der Waals surface area (Å²) in [6, 6.07) is 8.10. The van der Waals surface area contributed by atoms with E-state index < -0.39 is 0 Å². The van der Waals surface area contributed by atoms with E-state index in [1.807, 2.05) is 12.1 Å². The molecule has 0 bridgehead atoms. The molecule has 2 rings (SSSR count). The van der Waals surface area contributed by atoms with Crippen molar-refractivity contribution >= 4 is 11.8 Å². The van der Waals surface area contributed by atoms with E-state index in [0.29, 0.717) is 19.0 Å². The zero-order chi connectivity index (χ0) is 13.1. The molecule has 98 valence electrons. The lowest BCUT2D eigenvalue weighted by molar-refractivity contribution is 0.145. The van der Waals surface area contributed by atoms with E-state index in [-0.39, 0.29) is 12.2 Å². The van der Waals surface area contributed by atoms with Gasteiger partial charge in [-0.3, -0.25) is 4.90 Å². The summed E-state index contributed by atoms with van der Waals surface area (Å²) in [5, 5.41) is 0. The molecule has 1 aromatic carbocycles. The van der Waals surface area contributed by atoms with Crippen LogP contribution in [-0.4, -0.2) is 25.3 Å². The predicted molar refractivity (Wildman–Crippen MR) is 71.8 cm³/mol. The summed E-state index contributed by atoms with van der Waals surface area (Å²) in [6.45, 7) is 5.27. The maximum absolute atomic E-state index is 11.7. The Labute approximate surface area is 108 Å². The smallest absolute Gasteiger partial charge is 0.414 e. The number of ether oxygens (including phenoxy) is 1. The number of carbonyl (C=O) groups excluding carboxylic acids is 1. The molecule has 2 N–H and O–H groups in total. The lowest BCUT2D eigenvalue weighted by atomic mass is 9.98. The molecule has 0 radical (unpaired) electrons. The molecule has 1 amide bonds. The zero-order valence-electron chi connectivity index (χ0n) is 10.9. The van der Waals surface area contributed by atoms with Gasteiger partial charge in [0, 0.05) is 12.2 Å². The van der Waals surface area contributed by atoms with Crippen molar-refractivity contribution in [3.05, 3.63) is 29.8 Å². The quantitative estimate of drug-likeness (QED) is 0.890. The Morgan fingerprint density at radius 1 is 1.44 bits per heavy atom. The summed E-state index contributed by atoms with van der Waals surface area (Å²) in [6.07, 6.45) is 0.619. The summed E-state index contributed by atoms with van der Waals surface area (Å²) >= 11 is 0. The van der Waals surface area contributed by atoms with E-state index in [1.54, 1.807) is 4.90 Å². The van der Waals surface area contributed by atoms with Gasteiger partial charge in [-0.05, 0) is 30.0 Å². The van der Waals surface area contributed by atoms with E-state index in [2.05, 4.69) is 26.0 Å². The number of benzene rings is 1. The summed E-state index contributed by atoms with van der Waals surface area (Å²) in [5.74, 6) is 0.543. The molecular weight excluding hydrogens is 228 g/mol. The van der Waals surface area contributed by atoms with Crippen LogP contribution in [0.3, 0.4) is 0 Å². The van der Waals surface area contributed by atoms with E-state index in [4.69, 9.17) is 10.5 Å². The summed E-state index contributed by atoms with van der Waals surface area (Å²) in [5.41, 5.74) is 7.69. The van der Waals surface area contributed by atoms with Gasteiger partial charge in [0.2, 0.25) is 0 Å². The second kappa shape index (κ2) is 5.40. The van der Waals surface area contributed by atoms with Crippen LogP contribution in [0.4, 0.5) is 10.5 Å². The van der Waals surface area contributed by atoms with Gasteiger partial charge in [0.15, 0.2) is 0 Å². The Balaban J connectivity index is 2.12. The highest BCUT2D eigenvalue weighted by Gasteiger charge is 2.31. The molecule has 1 aliphatic rings. The van der Waals surface area contributed by atoms with E-state index in [0.717, 1.165) is 12.1 Å². The van der Waals surface area contributed by atoms with Crippen molar-refractivity contribution < 1.29 is 9.53 Å². The summed E-state index contributed by atoms with van der Waals surface area (Å²) in [4.78, 5) is 13.3. The Bertz CT molecular complexity index is 416. The number of amides is 1. The number of rotatable bonds is 4. The maximum atomic E-state index is 11.7. The first-order valence-corrected chi connectivity index (χ1v) is 6.43. The molecule has 1 heterocycles. The van der Waals surface area contributed by atoms with E-state index >= 15 is 0 Å². The van der Waals surface area contributed by atoms with Crippen molar-refractivity contribution in [2.24, 2.45) is 5.73 Å². The third-order valence-corrected chi connectivity index (χ3v) is 3.52. The lowest BCUT2D eigenvalue weighted by Crippen LogP contribution is -2.27. The minimum Gasteiger partial charge on any atom is -0.443 e. The van der Waals surface area contributed by atoms with Gasteiger partial charge in [0.1, 0.15) is 6.10 Å². The van der Waals surface area contributed by atoms with Gasteiger partial charge >= 0.3 is 6.09 Å². The molecule has 0 saturated carbocycles. The number of hydrogen-bond acceptors (Lipinski definition) is 3. The molecule has 4 nitrogen and oxygen atoms in total. The highest BCUT2D eigenvalue weighted by atomic mass is 16.6.